The van der Waals surface area contributed by atoms with E-state index in [1.54, 1.807) is 6.07 Å². The Morgan fingerprint density at radius 3 is 2.38 bits per heavy atom. The smallest absolute Gasteiger partial charge is 0.358 e. The number of H-pyrrole nitrogens is 1. The van der Waals surface area contributed by atoms with Crippen molar-refractivity contribution in [1.29, 1.82) is 0 Å². The first-order valence-corrected chi connectivity index (χ1v) is 6.59. The van der Waals surface area contributed by atoms with Crippen LogP contribution in [0.25, 0.3) is 0 Å². The molecule has 0 radical (unpaired) electrons. The van der Waals surface area contributed by atoms with Crippen molar-refractivity contribution in [3.8, 4) is 0 Å². The highest BCUT2D eigenvalue weighted by Gasteiger charge is 2.61. The molecular weight excluding hydrogens is 283 g/mol. The van der Waals surface area contributed by atoms with Crippen molar-refractivity contribution in [2.45, 2.75) is 30.5 Å². The molecular formula is C14H14F3N3O. The molecule has 0 amide bonds. The summed E-state index contributed by atoms with van der Waals surface area (Å²) in [7, 11) is 1.02. The minimum absolute atomic E-state index is 0.0404. The Balaban J connectivity index is 2.14. The topological polar surface area (TPSA) is 50.8 Å². The van der Waals surface area contributed by atoms with E-state index < -0.39 is 17.6 Å². The van der Waals surface area contributed by atoms with Crippen molar-refractivity contribution < 1.29 is 17.9 Å². The lowest BCUT2D eigenvalue weighted by Crippen LogP contribution is -2.46. The lowest BCUT2D eigenvalue weighted by molar-refractivity contribution is -0.261. The summed E-state index contributed by atoms with van der Waals surface area (Å²) in [4.78, 5) is 4.05. The number of rotatable bonds is 4. The maximum atomic E-state index is 13.8. The van der Waals surface area contributed by atoms with E-state index in [9.17, 15) is 13.2 Å². The molecule has 1 fully saturated rings. The first-order valence-electron chi connectivity index (χ1n) is 6.59. The number of hydrogen-bond donors (Lipinski definition) is 1. The third-order valence-electron chi connectivity index (χ3n) is 3.67. The van der Waals surface area contributed by atoms with Gasteiger partial charge in [-0.15, -0.1) is 0 Å². The average Bonchev–Trinajstić information content (AvgIpc) is 3.19. The molecule has 3 rings (SSSR count). The molecule has 21 heavy (non-hydrogen) atoms. The molecule has 1 aliphatic rings. The summed E-state index contributed by atoms with van der Waals surface area (Å²) in [6.45, 7) is 0. The van der Waals surface area contributed by atoms with Crippen LogP contribution in [0.4, 0.5) is 13.2 Å². The van der Waals surface area contributed by atoms with Crippen LogP contribution in [0.5, 0.6) is 0 Å². The second-order valence-electron chi connectivity index (χ2n) is 5.07. The van der Waals surface area contributed by atoms with Gasteiger partial charge in [0.1, 0.15) is 5.82 Å². The van der Waals surface area contributed by atoms with E-state index in [1.807, 2.05) is 0 Å². The van der Waals surface area contributed by atoms with Crippen LogP contribution in [0.15, 0.2) is 30.3 Å². The van der Waals surface area contributed by atoms with Crippen LogP contribution in [-0.4, -0.2) is 28.5 Å². The molecule has 7 heteroatoms. The molecule has 112 valence electrons. The van der Waals surface area contributed by atoms with Crippen molar-refractivity contribution in [1.82, 2.24) is 15.2 Å². The van der Waals surface area contributed by atoms with Crippen LogP contribution in [0.1, 0.15) is 36.0 Å². The number of nitrogens with one attached hydrogen (secondary N) is 1. The minimum Gasteiger partial charge on any atom is -0.358 e. The van der Waals surface area contributed by atoms with Crippen molar-refractivity contribution in [2.24, 2.45) is 0 Å². The molecule has 1 N–H and O–H groups in total. The Morgan fingerprint density at radius 1 is 1.19 bits per heavy atom. The van der Waals surface area contributed by atoms with Crippen LogP contribution in [0, 0.1) is 0 Å². The predicted octanol–water partition coefficient (Wildman–Crippen LogP) is 3.13. The van der Waals surface area contributed by atoms with Gasteiger partial charge in [-0.25, -0.2) is 4.98 Å². The molecule has 1 heterocycles. The Bertz CT molecular complexity index is 622. The van der Waals surface area contributed by atoms with E-state index in [-0.39, 0.29) is 11.5 Å². The average molecular weight is 297 g/mol. The monoisotopic (exact) mass is 297 g/mol. The summed E-state index contributed by atoms with van der Waals surface area (Å²) in [5.74, 6) is 0.280. The number of hydrogen-bond acceptors (Lipinski definition) is 3. The molecule has 2 aromatic rings. The number of aromatic nitrogens is 3. The van der Waals surface area contributed by atoms with Gasteiger partial charge in [0.15, 0.2) is 5.82 Å². The molecule has 1 unspecified atom stereocenters. The van der Waals surface area contributed by atoms with Gasteiger partial charge in [0.05, 0.1) is 0 Å². The minimum atomic E-state index is -4.67. The third-order valence-corrected chi connectivity index (χ3v) is 3.67. The van der Waals surface area contributed by atoms with Gasteiger partial charge in [-0.1, -0.05) is 30.3 Å². The second-order valence-corrected chi connectivity index (χ2v) is 5.07. The van der Waals surface area contributed by atoms with Gasteiger partial charge >= 0.3 is 6.18 Å². The van der Waals surface area contributed by atoms with Crippen LogP contribution < -0.4 is 0 Å². The van der Waals surface area contributed by atoms with Crippen LogP contribution in [0.3, 0.4) is 0 Å². The van der Waals surface area contributed by atoms with Crippen molar-refractivity contribution in [3.05, 3.63) is 47.5 Å². The van der Waals surface area contributed by atoms with E-state index in [2.05, 4.69) is 15.2 Å². The number of nitrogens with zero attached hydrogens (tertiary/aromatic N) is 2. The Kier molecular flexibility index (Phi) is 3.24. The Morgan fingerprint density at radius 2 is 1.86 bits per heavy atom. The fraction of sp³-hybridized carbons (Fsp3) is 0.429. The van der Waals surface area contributed by atoms with Crippen LogP contribution in [-0.2, 0) is 10.3 Å². The molecule has 0 saturated heterocycles. The van der Waals surface area contributed by atoms with Gasteiger partial charge < -0.3 is 4.74 Å². The highest BCUT2D eigenvalue weighted by molar-refractivity contribution is 5.32. The van der Waals surface area contributed by atoms with E-state index in [0.717, 1.165) is 20.0 Å². The molecule has 1 saturated carbocycles. The van der Waals surface area contributed by atoms with E-state index >= 15 is 0 Å². The molecule has 1 aromatic carbocycles. The lowest BCUT2D eigenvalue weighted by Gasteiger charge is -2.32. The highest BCUT2D eigenvalue weighted by atomic mass is 19.4. The first-order chi connectivity index (χ1) is 9.99. The summed E-state index contributed by atoms with van der Waals surface area (Å²) < 4.78 is 46.2. The molecule has 1 aliphatic carbocycles. The van der Waals surface area contributed by atoms with E-state index in [1.165, 1.54) is 24.3 Å². The van der Waals surface area contributed by atoms with Crippen molar-refractivity contribution in [2.75, 3.05) is 7.11 Å². The summed E-state index contributed by atoms with van der Waals surface area (Å²) in [6, 6.07) is 7.44. The van der Waals surface area contributed by atoms with Gasteiger partial charge in [0, 0.05) is 18.6 Å². The number of benzene rings is 1. The van der Waals surface area contributed by atoms with E-state index in [4.69, 9.17) is 4.74 Å². The SMILES string of the molecule is COC(c1ccccc1)(c1n[nH]c(C2CC2)n1)C(F)(F)F. The molecule has 1 aromatic heterocycles. The largest absolute Gasteiger partial charge is 0.429 e. The first kappa shape index (κ1) is 14.1. The summed E-state index contributed by atoms with van der Waals surface area (Å²) in [5, 5.41) is 6.39. The maximum absolute atomic E-state index is 13.8. The molecule has 0 spiro atoms. The Hall–Kier alpha value is -1.89. The van der Waals surface area contributed by atoms with Crippen molar-refractivity contribution in [3.63, 3.8) is 0 Å². The quantitative estimate of drug-likeness (QED) is 0.943. The predicted molar refractivity (Wildman–Crippen MR) is 68.6 cm³/mol. The number of alkyl halides is 3. The van der Waals surface area contributed by atoms with Gasteiger partial charge in [-0.2, -0.15) is 18.3 Å². The summed E-state index contributed by atoms with van der Waals surface area (Å²) in [5.41, 5.74) is -2.70. The standard InChI is InChI=1S/C14H14F3N3O/c1-21-13(14(15,16)17,10-5-3-2-4-6-10)12-18-11(19-20-12)9-7-8-9/h2-6,9H,7-8H2,1H3,(H,18,19,20). The normalized spacial score (nSPS) is 18.5. The van der Waals surface area contributed by atoms with Gasteiger partial charge in [-0.3, -0.25) is 5.10 Å². The van der Waals surface area contributed by atoms with Gasteiger partial charge in [0.25, 0.3) is 0 Å². The van der Waals surface area contributed by atoms with Crippen LogP contribution >= 0.6 is 0 Å². The fourth-order valence-electron chi connectivity index (χ4n) is 2.39. The zero-order valence-corrected chi connectivity index (χ0v) is 11.3. The summed E-state index contributed by atoms with van der Waals surface area (Å²) >= 11 is 0. The van der Waals surface area contributed by atoms with Gasteiger partial charge in [-0.05, 0) is 12.8 Å². The number of ether oxygens (including phenoxy) is 1. The molecule has 4 nitrogen and oxygen atoms in total. The molecule has 0 bridgehead atoms. The fourth-order valence-corrected chi connectivity index (χ4v) is 2.39. The molecule has 0 aliphatic heterocycles. The highest BCUT2D eigenvalue weighted by Crippen LogP contribution is 2.46. The number of halogens is 3. The van der Waals surface area contributed by atoms with Crippen molar-refractivity contribution >= 4 is 0 Å². The maximum Gasteiger partial charge on any atom is 0.429 e. The lowest BCUT2D eigenvalue weighted by atomic mass is 9.92. The van der Waals surface area contributed by atoms with E-state index in [0.29, 0.717) is 5.82 Å². The molecule has 1 atom stereocenters. The number of aromatic amines is 1. The second kappa shape index (κ2) is 4.84. The number of methoxy groups -OCH3 is 1. The Labute approximate surface area is 119 Å². The third kappa shape index (κ3) is 2.21. The van der Waals surface area contributed by atoms with Gasteiger partial charge in [0.2, 0.25) is 5.60 Å². The van der Waals surface area contributed by atoms with Crippen LogP contribution in [0.2, 0.25) is 0 Å². The summed E-state index contributed by atoms with van der Waals surface area (Å²) in [6.07, 6.45) is -2.83. The zero-order valence-electron chi connectivity index (χ0n) is 11.3. The zero-order chi connectivity index (χ0) is 15.1.